The van der Waals surface area contributed by atoms with Crippen molar-refractivity contribution in [1.29, 1.82) is 0 Å². The van der Waals surface area contributed by atoms with Crippen molar-refractivity contribution in [3.05, 3.63) is 12.2 Å². The van der Waals surface area contributed by atoms with Crippen molar-refractivity contribution in [3.8, 4) is 0 Å². The van der Waals surface area contributed by atoms with Crippen molar-refractivity contribution in [3.63, 3.8) is 0 Å². The lowest BCUT2D eigenvalue weighted by Crippen LogP contribution is -2.45. The highest BCUT2D eigenvalue weighted by molar-refractivity contribution is 6.04. The van der Waals surface area contributed by atoms with Gasteiger partial charge in [-0.2, -0.15) is 0 Å². The monoisotopic (exact) mass is 197 g/mol. The zero-order valence-electron chi connectivity index (χ0n) is 8.70. The van der Waals surface area contributed by atoms with Crippen LogP contribution in [0.15, 0.2) is 17.1 Å². The number of carbonyl (C=O) groups excluding carboxylic acids is 1. The summed E-state index contributed by atoms with van der Waals surface area (Å²) in [7, 11) is 0. The Morgan fingerprint density at radius 1 is 1.79 bits per heavy atom. The lowest BCUT2D eigenvalue weighted by molar-refractivity contribution is -0.122. The Kier molecular flexibility index (Phi) is 2.76. The van der Waals surface area contributed by atoms with Crippen molar-refractivity contribution in [2.45, 2.75) is 32.4 Å². The zero-order chi connectivity index (χ0) is 10.9. The molecule has 0 aromatic rings. The number of hydrogen-bond acceptors (Lipinski definition) is 4. The van der Waals surface area contributed by atoms with Crippen molar-refractivity contribution in [2.75, 3.05) is 6.61 Å². The molecule has 0 aromatic heterocycles. The van der Waals surface area contributed by atoms with Gasteiger partial charge in [-0.05, 0) is 19.4 Å². The smallest absolute Gasteiger partial charge is 0.189 e. The number of nitrogens with zero attached hydrogens (tertiary/aromatic N) is 1. The number of hydrogen-bond donors (Lipinski definition) is 1. The van der Waals surface area contributed by atoms with Crippen molar-refractivity contribution < 1.29 is 14.6 Å². The molecule has 1 heterocycles. The summed E-state index contributed by atoms with van der Waals surface area (Å²) in [5, 5.41) is 9.07. The maximum absolute atomic E-state index is 11.8. The number of aliphatic imine (C=N–C) groups is 1. The van der Waals surface area contributed by atoms with E-state index in [-0.39, 0.29) is 12.4 Å². The summed E-state index contributed by atoms with van der Waals surface area (Å²) in [6.07, 6.45) is -0.591. The van der Waals surface area contributed by atoms with E-state index in [2.05, 4.69) is 11.6 Å². The molecule has 1 aliphatic rings. The maximum Gasteiger partial charge on any atom is 0.189 e. The molecule has 0 amide bonds. The molecule has 2 unspecified atom stereocenters. The first-order valence-electron chi connectivity index (χ1n) is 4.46. The van der Waals surface area contributed by atoms with E-state index >= 15 is 0 Å². The van der Waals surface area contributed by atoms with E-state index in [4.69, 9.17) is 9.84 Å². The van der Waals surface area contributed by atoms with Crippen LogP contribution >= 0.6 is 0 Å². The summed E-state index contributed by atoms with van der Waals surface area (Å²) in [5.41, 5.74) is -0.585. The van der Waals surface area contributed by atoms with Gasteiger partial charge in [-0.25, -0.2) is 4.99 Å². The number of carbonyl (C=O) groups is 1. The fourth-order valence-electron chi connectivity index (χ4n) is 1.59. The Balaban J connectivity index is 3.02. The quantitative estimate of drug-likeness (QED) is 0.677. The molecule has 78 valence electrons. The van der Waals surface area contributed by atoms with Crippen LogP contribution < -0.4 is 0 Å². The minimum absolute atomic E-state index is 0.187. The first kappa shape index (κ1) is 10.9. The summed E-state index contributed by atoms with van der Waals surface area (Å²) < 4.78 is 5.24. The van der Waals surface area contributed by atoms with Crippen LogP contribution in [0.1, 0.15) is 20.8 Å². The molecule has 1 N–H and O–H groups in total. The van der Waals surface area contributed by atoms with Crippen molar-refractivity contribution in [2.24, 2.45) is 4.99 Å². The molecule has 0 radical (unpaired) electrons. The largest absolute Gasteiger partial charge is 0.472 e. The van der Waals surface area contributed by atoms with E-state index in [0.717, 1.165) is 0 Å². The van der Waals surface area contributed by atoms with Gasteiger partial charge in [0.15, 0.2) is 23.3 Å². The fraction of sp³-hybridized carbons (Fsp3) is 0.600. The maximum atomic E-state index is 11.8. The Hall–Kier alpha value is -1.16. The average molecular weight is 197 g/mol. The van der Waals surface area contributed by atoms with Crippen molar-refractivity contribution >= 4 is 11.7 Å². The minimum atomic E-state index is -1.01. The Morgan fingerprint density at radius 3 is 2.79 bits per heavy atom. The number of ketones is 1. The van der Waals surface area contributed by atoms with Gasteiger partial charge >= 0.3 is 0 Å². The number of ether oxygens (including phenoxy) is 1. The second-order valence-electron chi connectivity index (χ2n) is 3.68. The first-order chi connectivity index (χ1) is 6.41. The third kappa shape index (κ3) is 1.57. The van der Waals surface area contributed by atoms with Crippen LogP contribution in [0.5, 0.6) is 0 Å². The van der Waals surface area contributed by atoms with Gasteiger partial charge in [0.2, 0.25) is 0 Å². The molecule has 4 nitrogen and oxygen atoms in total. The van der Waals surface area contributed by atoms with Gasteiger partial charge in [-0.1, -0.05) is 6.58 Å². The van der Waals surface area contributed by atoms with Gasteiger partial charge in [0.25, 0.3) is 0 Å². The molecule has 0 aromatic carbocycles. The third-order valence-corrected chi connectivity index (χ3v) is 2.34. The van der Waals surface area contributed by atoms with Crippen LogP contribution in [-0.4, -0.2) is 35.0 Å². The van der Waals surface area contributed by atoms with Gasteiger partial charge in [0.1, 0.15) is 0 Å². The van der Waals surface area contributed by atoms with E-state index in [1.165, 1.54) is 0 Å². The van der Waals surface area contributed by atoms with Gasteiger partial charge < -0.3 is 9.84 Å². The molecule has 14 heavy (non-hydrogen) atoms. The Labute approximate surface area is 83.3 Å². The fourth-order valence-corrected chi connectivity index (χ4v) is 1.59. The average Bonchev–Trinajstić information content (AvgIpc) is 2.40. The molecule has 4 heteroatoms. The highest BCUT2D eigenvalue weighted by Crippen LogP contribution is 2.28. The van der Waals surface area contributed by atoms with Crippen LogP contribution in [0.4, 0.5) is 0 Å². The van der Waals surface area contributed by atoms with Gasteiger partial charge in [-0.3, -0.25) is 4.79 Å². The minimum Gasteiger partial charge on any atom is -0.472 e. The molecule has 0 fully saturated rings. The standard InChI is InChI=1S/C10H15NO3/c1-6(2)9(13)10(4)8(5-12)14-7(3)11-10/h8,12H,1,5H2,2-4H3. The molecular weight excluding hydrogens is 182 g/mol. The Morgan fingerprint density at radius 2 is 2.36 bits per heavy atom. The summed E-state index contributed by atoms with van der Waals surface area (Å²) in [6.45, 7) is 8.31. The predicted molar refractivity (Wildman–Crippen MR) is 53.3 cm³/mol. The van der Waals surface area contributed by atoms with Crippen LogP contribution in [0.2, 0.25) is 0 Å². The van der Waals surface area contributed by atoms with E-state index in [0.29, 0.717) is 11.5 Å². The molecule has 1 aliphatic heterocycles. The van der Waals surface area contributed by atoms with E-state index in [9.17, 15) is 4.79 Å². The highest BCUT2D eigenvalue weighted by Gasteiger charge is 2.46. The van der Waals surface area contributed by atoms with Gasteiger partial charge in [0.05, 0.1) is 6.61 Å². The molecule has 0 saturated heterocycles. The summed E-state index contributed by atoms with van der Waals surface area (Å²) >= 11 is 0. The summed E-state index contributed by atoms with van der Waals surface area (Å²) in [4.78, 5) is 15.9. The van der Waals surface area contributed by atoms with Gasteiger partial charge in [0, 0.05) is 6.92 Å². The van der Waals surface area contributed by atoms with E-state index in [1.807, 2.05) is 0 Å². The highest BCUT2D eigenvalue weighted by atomic mass is 16.5. The molecule has 0 spiro atoms. The zero-order valence-corrected chi connectivity index (χ0v) is 8.70. The second-order valence-corrected chi connectivity index (χ2v) is 3.68. The number of Topliss-reactive ketones (excluding diaryl/α,β-unsaturated/α-hetero) is 1. The van der Waals surface area contributed by atoms with Crippen LogP contribution in [0, 0.1) is 0 Å². The third-order valence-electron chi connectivity index (χ3n) is 2.34. The molecule has 0 bridgehead atoms. The first-order valence-corrected chi connectivity index (χ1v) is 4.46. The lowest BCUT2D eigenvalue weighted by atomic mass is 9.88. The van der Waals surface area contributed by atoms with E-state index < -0.39 is 11.6 Å². The number of rotatable bonds is 3. The van der Waals surface area contributed by atoms with E-state index in [1.54, 1.807) is 20.8 Å². The topological polar surface area (TPSA) is 58.9 Å². The predicted octanol–water partition coefficient (Wildman–Crippen LogP) is 0.700. The van der Waals surface area contributed by atoms with Crippen LogP contribution in [0.3, 0.4) is 0 Å². The van der Waals surface area contributed by atoms with Crippen LogP contribution in [-0.2, 0) is 9.53 Å². The molecule has 0 aliphatic carbocycles. The summed E-state index contributed by atoms with van der Waals surface area (Å²) in [5.74, 6) is 0.245. The summed E-state index contributed by atoms with van der Waals surface area (Å²) in [6, 6.07) is 0. The molecule has 1 rings (SSSR count). The number of aliphatic hydroxyl groups is 1. The lowest BCUT2D eigenvalue weighted by Gasteiger charge is -2.24. The van der Waals surface area contributed by atoms with Gasteiger partial charge in [-0.15, -0.1) is 0 Å². The second kappa shape index (κ2) is 3.53. The number of aliphatic hydroxyl groups excluding tert-OH is 1. The van der Waals surface area contributed by atoms with Crippen LogP contribution in [0.25, 0.3) is 0 Å². The molecular formula is C10H15NO3. The Bertz CT molecular complexity index is 308. The normalized spacial score (nSPS) is 30.9. The molecule has 2 atom stereocenters. The van der Waals surface area contributed by atoms with Crippen molar-refractivity contribution in [1.82, 2.24) is 0 Å². The SMILES string of the molecule is C=C(C)C(=O)C1(C)N=C(C)OC1CO. The molecule has 0 saturated carbocycles.